The van der Waals surface area contributed by atoms with Gasteiger partial charge in [0.25, 0.3) is 11.8 Å². The number of aromatic nitrogens is 2. The van der Waals surface area contributed by atoms with E-state index < -0.39 is 11.8 Å². The average Bonchev–Trinajstić information content (AvgIpc) is 3.38. The second-order valence-corrected chi connectivity index (χ2v) is 10.7. The first-order valence-electron chi connectivity index (χ1n) is 13.8. The highest BCUT2D eigenvalue weighted by atomic mass is 16.5. The molecule has 0 bridgehead atoms. The van der Waals surface area contributed by atoms with Crippen molar-refractivity contribution in [3.8, 4) is 28.8 Å². The van der Waals surface area contributed by atoms with Crippen LogP contribution in [0.25, 0.3) is 23.0 Å². The molecule has 0 N–H and O–H groups in total. The zero-order valence-corrected chi connectivity index (χ0v) is 24.4. The van der Waals surface area contributed by atoms with E-state index in [4.69, 9.17) is 9.84 Å². The van der Waals surface area contributed by atoms with Gasteiger partial charge in [-0.05, 0) is 87.7 Å². The number of para-hydroxylation sites is 1. The molecule has 2 amide bonds. The number of nitrogens with zero attached hydrogens (tertiary/aromatic N) is 4. The largest absolute Gasteiger partial charge is 0.491 e. The molecule has 0 saturated carbocycles. The number of rotatable bonds is 7. The Hall–Kier alpha value is -5.22. The van der Waals surface area contributed by atoms with Gasteiger partial charge in [0, 0.05) is 22.9 Å². The summed E-state index contributed by atoms with van der Waals surface area (Å²) in [5.74, 6) is -0.277. The molecule has 7 nitrogen and oxygen atoms in total. The fourth-order valence-corrected chi connectivity index (χ4v) is 4.97. The van der Waals surface area contributed by atoms with Crippen molar-refractivity contribution in [3.05, 3.63) is 118 Å². The lowest BCUT2D eigenvalue weighted by atomic mass is 9.92. The molecule has 4 aromatic rings. The van der Waals surface area contributed by atoms with Gasteiger partial charge < -0.3 is 4.74 Å². The van der Waals surface area contributed by atoms with Crippen LogP contribution in [-0.4, -0.2) is 32.6 Å². The van der Waals surface area contributed by atoms with E-state index in [1.54, 1.807) is 17.7 Å². The number of nitriles is 1. The van der Waals surface area contributed by atoms with E-state index in [9.17, 15) is 14.9 Å². The first-order valence-corrected chi connectivity index (χ1v) is 13.8. The molecule has 1 aliphatic heterocycles. The number of hydrogen-bond acceptors (Lipinski definition) is 5. The summed E-state index contributed by atoms with van der Waals surface area (Å²) in [5, 5.41) is 14.8. The molecule has 2 heterocycles. The minimum Gasteiger partial charge on any atom is -0.491 e. The number of imide groups is 1. The van der Waals surface area contributed by atoms with Crippen molar-refractivity contribution < 1.29 is 14.3 Å². The molecule has 5 rings (SSSR count). The topological polar surface area (TPSA) is 88.2 Å². The fourth-order valence-electron chi connectivity index (χ4n) is 4.97. The van der Waals surface area contributed by atoms with Gasteiger partial charge in [0.1, 0.15) is 23.1 Å². The zero-order chi connectivity index (χ0) is 30.0. The van der Waals surface area contributed by atoms with Crippen LogP contribution in [0.2, 0.25) is 0 Å². The van der Waals surface area contributed by atoms with Gasteiger partial charge in [-0.25, -0.2) is 4.68 Å². The smallest absolute Gasteiger partial charge is 0.271 e. The third-order valence-electron chi connectivity index (χ3n) is 7.17. The Morgan fingerprint density at radius 3 is 2.31 bits per heavy atom. The Morgan fingerprint density at radius 1 is 0.952 bits per heavy atom. The molecule has 0 saturated heterocycles. The molecular weight excluding hydrogens is 524 g/mol. The van der Waals surface area contributed by atoms with Gasteiger partial charge >= 0.3 is 0 Å². The first kappa shape index (κ1) is 28.3. The van der Waals surface area contributed by atoms with Gasteiger partial charge in [0.2, 0.25) is 0 Å². The van der Waals surface area contributed by atoms with Crippen molar-refractivity contribution in [3.63, 3.8) is 0 Å². The molecule has 0 fully saturated rings. The van der Waals surface area contributed by atoms with Gasteiger partial charge in [-0.3, -0.25) is 14.5 Å². The summed E-state index contributed by atoms with van der Waals surface area (Å²) >= 11 is 0. The molecular formula is C35H32N4O3. The fraction of sp³-hybridized carbons (Fsp3) is 0.200. The number of amides is 2. The maximum atomic E-state index is 13.9. The number of aryl methyl sites for hydroxylation is 2. The quantitative estimate of drug-likeness (QED) is 0.186. The van der Waals surface area contributed by atoms with Crippen molar-refractivity contribution in [2.24, 2.45) is 0 Å². The summed E-state index contributed by atoms with van der Waals surface area (Å²) in [6, 6.07) is 25.2. The molecule has 7 heteroatoms. The number of hydrogen-bond donors (Lipinski definition) is 0. The molecule has 1 aromatic heterocycles. The Kier molecular flexibility index (Phi) is 7.90. The van der Waals surface area contributed by atoms with E-state index in [1.807, 2.05) is 113 Å². The SMILES string of the molecule is CC1=C(C#N)C(=O)N(Cc2ccc(C)cc2)C(=O)/C1=C/c1cn(-c2ccccc2)nc1-c1ccc(OC(C)C)cc1C. The van der Waals surface area contributed by atoms with E-state index in [1.165, 1.54) is 0 Å². The highest BCUT2D eigenvalue weighted by molar-refractivity contribution is 6.19. The van der Waals surface area contributed by atoms with Crippen LogP contribution >= 0.6 is 0 Å². The number of benzene rings is 3. The van der Waals surface area contributed by atoms with Crippen LogP contribution in [0.5, 0.6) is 5.75 Å². The molecule has 0 radical (unpaired) electrons. The van der Waals surface area contributed by atoms with Crippen molar-refractivity contribution in [1.82, 2.24) is 14.7 Å². The second-order valence-electron chi connectivity index (χ2n) is 10.7. The standard InChI is InChI=1S/C35H32N4O3/c1-22(2)42-29-15-16-30(24(4)17-29)33-27(21-39(37-33)28-9-7-6-8-10-28)18-31-25(5)32(19-36)35(41)38(34(31)40)20-26-13-11-23(3)12-14-26/h6-18,21-22H,20H2,1-5H3/b31-18+. The van der Waals surface area contributed by atoms with Crippen LogP contribution in [0, 0.1) is 25.2 Å². The summed E-state index contributed by atoms with van der Waals surface area (Å²) in [7, 11) is 0. The van der Waals surface area contributed by atoms with Gasteiger partial charge in [0.15, 0.2) is 0 Å². The van der Waals surface area contributed by atoms with E-state index in [0.29, 0.717) is 16.8 Å². The van der Waals surface area contributed by atoms with Crippen LogP contribution in [0.3, 0.4) is 0 Å². The van der Waals surface area contributed by atoms with E-state index in [-0.39, 0.29) is 23.8 Å². The van der Waals surface area contributed by atoms with Crippen LogP contribution in [0.1, 0.15) is 43.0 Å². The molecule has 0 spiro atoms. The third kappa shape index (κ3) is 5.65. The molecule has 210 valence electrons. The molecule has 42 heavy (non-hydrogen) atoms. The summed E-state index contributed by atoms with van der Waals surface area (Å²) in [6.07, 6.45) is 3.64. The summed E-state index contributed by atoms with van der Waals surface area (Å²) in [4.78, 5) is 28.3. The predicted molar refractivity (Wildman–Crippen MR) is 163 cm³/mol. The molecule has 0 atom stereocenters. The Balaban J connectivity index is 1.64. The average molecular weight is 557 g/mol. The molecule has 1 aliphatic rings. The van der Waals surface area contributed by atoms with Crippen molar-refractivity contribution in [1.29, 1.82) is 5.26 Å². The van der Waals surface area contributed by atoms with Gasteiger partial charge in [-0.2, -0.15) is 10.4 Å². The summed E-state index contributed by atoms with van der Waals surface area (Å²) in [5.41, 5.74) is 6.51. The number of carbonyl (C=O) groups is 2. The highest BCUT2D eigenvalue weighted by Crippen LogP contribution is 2.34. The van der Waals surface area contributed by atoms with Crippen molar-refractivity contribution in [2.45, 2.75) is 47.3 Å². The molecule has 0 aliphatic carbocycles. The summed E-state index contributed by atoms with van der Waals surface area (Å²) in [6.45, 7) is 9.65. The van der Waals surface area contributed by atoms with Gasteiger partial charge in [-0.1, -0.05) is 48.0 Å². The van der Waals surface area contributed by atoms with Crippen LogP contribution in [-0.2, 0) is 16.1 Å². The summed E-state index contributed by atoms with van der Waals surface area (Å²) < 4.78 is 7.66. The van der Waals surface area contributed by atoms with Crippen molar-refractivity contribution in [2.75, 3.05) is 0 Å². The van der Waals surface area contributed by atoms with E-state index >= 15 is 0 Å². The minimum atomic E-state index is -0.588. The van der Waals surface area contributed by atoms with Gasteiger partial charge in [-0.15, -0.1) is 0 Å². The number of carbonyl (C=O) groups excluding carboxylic acids is 2. The van der Waals surface area contributed by atoms with Crippen LogP contribution in [0.4, 0.5) is 0 Å². The lowest BCUT2D eigenvalue weighted by molar-refractivity contribution is -0.141. The Morgan fingerprint density at radius 2 is 1.67 bits per heavy atom. The Bertz CT molecular complexity index is 1770. The highest BCUT2D eigenvalue weighted by Gasteiger charge is 2.35. The van der Waals surface area contributed by atoms with E-state index in [0.717, 1.165) is 38.6 Å². The van der Waals surface area contributed by atoms with Gasteiger partial charge in [0.05, 0.1) is 18.3 Å². The van der Waals surface area contributed by atoms with E-state index in [2.05, 4.69) is 0 Å². The lowest BCUT2D eigenvalue weighted by Crippen LogP contribution is -2.42. The zero-order valence-electron chi connectivity index (χ0n) is 24.4. The van der Waals surface area contributed by atoms with Crippen LogP contribution in [0.15, 0.2) is 95.7 Å². The monoisotopic (exact) mass is 556 g/mol. The lowest BCUT2D eigenvalue weighted by Gasteiger charge is -2.27. The first-order chi connectivity index (χ1) is 20.2. The minimum absolute atomic E-state index is 0.0415. The second kappa shape index (κ2) is 11.7. The maximum Gasteiger partial charge on any atom is 0.271 e. The van der Waals surface area contributed by atoms with Crippen molar-refractivity contribution >= 4 is 17.9 Å². The third-order valence-corrected chi connectivity index (χ3v) is 7.17. The number of ether oxygens (including phenoxy) is 1. The Labute approximate surface area is 246 Å². The van der Waals surface area contributed by atoms with Crippen LogP contribution < -0.4 is 4.74 Å². The maximum absolute atomic E-state index is 13.9. The molecule has 0 unspecified atom stereocenters. The molecule has 3 aromatic carbocycles. The normalized spacial score (nSPS) is 14.6. The predicted octanol–water partition coefficient (Wildman–Crippen LogP) is 6.74.